The van der Waals surface area contributed by atoms with Gasteiger partial charge in [0.1, 0.15) is 5.78 Å². The van der Waals surface area contributed by atoms with Crippen molar-refractivity contribution in [2.75, 3.05) is 193 Å². The quantitative estimate of drug-likeness (QED) is 0.0504. The van der Waals surface area contributed by atoms with E-state index >= 15 is 0 Å². The van der Waals surface area contributed by atoms with Crippen molar-refractivity contribution in [1.29, 1.82) is 0 Å². The number of amides is 8. The average molecular weight is 1020 g/mol. The van der Waals surface area contributed by atoms with E-state index in [0.717, 1.165) is 0 Å². The van der Waals surface area contributed by atoms with Gasteiger partial charge in [0.2, 0.25) is 47.3 Å². The van der Waals surface area contributed by atoms with E-state index in [1.807, 2.05) is 0 Å². The molecule has 0 spiro atoms. The van der Waals surface area contributed by atoms with Gasteiger partial charge in [-0.3, -0.25) is 43.2 Å². The summed E-state index contributed by atoms with van der Waals surface area (Å²) in [5, 5.41) is 0. The van der Waals surface area contributed by atoms with Crippen LogP contribution < -0.4 is 17.2 Å². The Kier molecular flexibility index (Phi) is 37.9. The fourth-order valence-electron chi connectivity index (χ4n) is 6.85. The Hall–Kier alpha value is -4.89. The molecule has 0 heterocycles. The highest BCUT2D eigenvalue weighted by Crippen LogP contribution is 2.08. The molecule has 71 heavy (non-hydrogen) atoms. The van der Waals surface area contributed by atoms with E-state index < -0.39 is 74.1 Å². The molecule has 0 aromatic rings. The van der Waals surface area contributed by atoms with Gasteiger partial charge in [-0.25, -0.2) is 0 Å². The van der Waals surface area contributed by atoms with Crippen molar-refractivity contribution in [1.82, 2.24) is 39.2 Å². The molecule has 0 aromatic carbocycles. The lowest BCUT2D eigenvalue weighted by Gasteiger charge is -2.32. The molecule has 0 aromatic heterocycles. The van der Waals surface area contributed by atoms with E-state index in [-0.39, 0.29) is 117 Å². The van der Waals surface area contributed by atoms with Crippen molar-refractivity contribution in [2.24, 2.45) is 17.2 Å². The molecule has 0 bridgehead atoms. The standard InChI is InChI=1S/C46H87N11O14/c1-38(58)30-54(21-26-68-4)43(63)32-52(18-12-9-15-48)41(61)36-56(23-28-70-6)46(66)37-57(24-29-71-7)45(65)34-53(19-13-10-16-49)42(62)35-55(22-27-69-5)44(64)33-51(17-11-8-14-47)40(60)31-50(39(2)59)20-25-67-3/h8-37,47-49H2,1-7H3. The molecule has 0 rings (SSSR count). The van der Waals surface area contributed by atoms with Crippen molar-refractivity contribution >= 4 is 53.0 Å². The first-order valence-electron chi connectivity index (χ1n) is 24.2. The summed E-state index contributed by atoms with van der Waals surface area (Å²) in [6.45, 7) is 1.49. The minimum atomic E-state index is -0.626. The number of nitrogens with two attached hydrogens (primary N) is 3. The minimum Gasteiger partial charge on any atom is -0.383 e. The van der Waals surface area contributed by atoms with Gasteiger partial charge in [0.15, 0.2) is 0 Å². The zero-order chi connectivity index (χ0) is 53.6. The van der Waals surface area contributed by atoms with Gasteiger partial charge in [-0.1, -0.05) is 0 Å². The summed E-state index contributed by atoms with van der Waals surface area (Å²) in [5.41, 5.74) is 17.2. The van der Waals surface area contributed by atoms with Crippen LogP contribution in [0.25, 0.3) is 0 Å². The number of ether oxygens (including phenoxy) is 5. The zero-order valence-corrected chi connectivity index (χ0v) is 43.7. The van der Waals surface area contributed by atoms with E-state index in [9.17, 15) is 43.2 Å². The fourth-order valence-corrected chi connectivity index (χ4v) is 6.85. The van der Waals surface area contributed by atoms with Crippen LogP contribution in [0.1, 0.15) is 52.4 Å². The van der Waals surface area contributed by atoms with E-state index in [4.69, 9.17) is 40.9 Å². The van der Waals surface area contributed by atoms with Crippen LogP contribution in [0.5, 0.6) is 0 Å². The third-order valence-corrected chi connectivity index (χ3v) is 11.1. The van der Waals surface area contributed by atoms with Gasteiger partial charge < -0.3 is 80.1 Å². The van der Waals surface area contributed by atoms with Gasteiger partial charge in [-0.05, 0) is 65.1 Å². The predicted molar refractivity (Wildman–Crippen MR) is 263 cm³/mol. The van der Waals surface area contributed by atoms with Crippen LogP contribution in [-0.2, 0) is 66.8 Å². The molecule has 0 fully saturated rings. The highest BCUT2D eigenvalue weighted by Gasteiger charge is 2.31. The Bertz CT molecular complexity index is 1600. The largest absolute Gasteiger partial charge is 0.383 e. The number of nitrogens with zero attached hydrogens (tertiary/aromatic N) is 8. The number of ketones is 1. The van der Waals surface area contributed by atoms with Gasteiger partial charge in [0.25, 0.3) is 0 Å². The highest BCUT2D eigenvalue weighted by atomic mass is 16.5. The highest BCUT2D eigenvalue weighted by molar-refractivity contribution is 5.93. The number of rotatable bonds is 43. The molecule has 25 nitrogen and oxygen atoms in total. The first-order chi connectivity index (χ1) is 34.0. The van der Waals surface area contributed by atoms with Gasteiger partial charge in [-0.2, -0.15) is 0 Å². The molecule has 0 radical (unpaired) electrons. The predicted octanol–water partition coefficient (Wildman–Crippen LogP) is -3.33. The number of unbranched alkanes of at least 4 members (excludes halogenated alkanes) is 3. The molecule has 0 atom stereocenters. The van der Waals surface area contributed by atoms with E-state index in [2.05, 4.69) is 0 Å². The fraction of sp³-hybridized carbons (Fsp3) is 0.804. The maximum Gasteiger partial charge on any atom is 0.242 e. The number of Topliss-reactive ketones (excluding diaryl/α,β-unsaturated/α-hetero) is 1. The number of methoxy groups -OCH3 is 5. The Labute approximate surface area is 420 Å². The number of hydrogen-bond acceptors (Lipinski definition) is 17. The lowest BCUT2D eigenvalue weighted by molar-refractivity contribution is -0.149. The Morgan fingerprint density at radius 2 is 0.493 bits per heavy atom. The normalized spacial score (nSPS) is 10.9. The summed E-state index contributed by atoms with van der Waals surface area (Å²) in [6, 6.07) is 0. The maximum absolute atomic E-state index is 14.2. The second kappa shape index (κ2) is 40.7. The Balaban J connectivity index is 6.64. The summed E-state index contributed by atoms with van der Waals surface area (Å²) < 4.78 is 26.0. The number of hydrogen-bond donors (Lipinski definition) is 3. The molecule has 0 aliphatic rings. The molecule has 0 aliphatic carbocycles. The van der Waals surface area contributed by atoms with Crippen LogP contribution in [0.4, 0.5) is 0 Å². The zero-order valence-electron chi connectivity index (χ0n) is 43.7. The molecule has 0 saturated carbocycles. The summed E-state index contributed by atoms with van der Waals surface area (Å²) in [7, 11) is 7.21. The summed E-state index contributed by atoms with van der Waals surface area (Å²) >= 11 is 0. The van der Waals surface area contributed by atoms with Crippen molar-refractivity contribution in [3.63, 3.8) is 0 Å². The van der Waals surface area contributed by atoms with Crippen LogP contribution in [0, 0.1) is 0 Å². The van der Waals surface area contributed by atoms with E-state index in [0.29, 0.717) is 58.2 Å². The van der Waals surface area contributed by atoms with Crippen LogP contribution in [0.15, 0.2) is 0 Å². The van der Waals surface area contributed by atoms with Crippen molar-refractivity contribution in [3.8, 4) is 0 Å². The van der Waals surface area contributed by atoms with Gasteiger partial charge >= 0.3 is 0 Å². The summed E-state index contributed by atoms with van der Waals surface area (Å²) in [5.74, 6) is -4.54. The van der Waals surface area contributed by atoms with Gasteiger partial charge in [-0.15, -0.1) is 0 Å². The summed E-state index contributed by atoms with van der Waals surface area (Å²) in [6.07, 6.45) is 3.00. The third kappa shape index (κ3) is 29.3. The lowest BCUT2D eigenvalue weighted by Crippen LogP contribution is -2.53. The molecular weight excluding hydrogens is 931 g/mol. The van der Waals surface area contributed by atoms with Crippen LogP contribution in [0.2, 0.25) is 0 Å². The van der Waals surface area contributed by atoms with E-state index in [1.165, 1.54) is 88.6 Å². The van der Waals surface area contributed by atoms with Crippen molar-refractivity contribution in [3.05, 3.63) is 0 Å². The summed E-state index contributed by atoms with van der Waals surface area (Å²) in [4.78, 5) is 132. The Morgan fingerprint density at radius 1 is 0.296 bits per heavy atom. The molecule has 6 N–H and O–H groups in total. The van der Waals surface area contributed by atoms with Crippen molar-refractivity contribution in [2.45, 2.75) is 52.4 Å². The maximum atomic E-state index is 14.2. The monoisotopic (exact) mass is 1020 g/mol. The Morgan fingerprint density at radius 3 is 0.690 bits per heavy atom. The van der Waals surface area contributed by atoms with Gasteiger partial charge in [0, 0.05) is 94.8 Å². The van der Waals surface area contributed by atoms with E-state index in [1.54, 1.807) is 0 Å². The molecular formula is C46H87N11O14. The molecule has 0 unspecified atom stereocenters. The lowest BCUT2D eigenvalue weighted by atomic mass is 10.2. The smallest absolute Gasteiger partial charge is 0.242 e. The second-order valence-corrected chi connectivity index (χ2v) is 16.8. The van der Waals surface area contributed by atoms with Gasteiger partial charge in [0.05, 0.1) is 85.4 Å². The average Bonchev–Trinajstić information content (AvgIpc) is 3.33. The molecule has 0 aliphatic heterocycles. The van der Waals surface area contributed by atoms with Crippen LogP contribution in [-0.4, -0.2) is 285 Å². The number of carbonyl (C=O) groups excluding carboxylic acids is 9. The molecule has 0 saturated heterocycles. The van der Waals surface area contributed by atoms with Crippen LogP contribution >= 0.6 is 0 Å². The molecule has 25 heteroatoms. The third-order valence-electron chi connectivity index (χ3n) is 11.1. The molecule has 8 amide bonds. The van der Waals surface area contributed by atoms with Crippen molar-refractivity contribution < 1.29 is 66.8 Å². The minimum absolute atomic E-state index is 0.0182. The number of carbonyl (C=O) groups is 9. The first-order valence-corrected chi connectivity index (χ1v) is 24.2. The second-order valence-electron chi connectivity index (χ2n) is 16.8. The topological polar surface area (TPSA) is 304 Å². The van der Waals surface area contributed by atoms with Crippen LogP contribution in [0.3, 0.4) is 0 Å². The SMILES string of the molecule is COCCN(CC(=O)N(CCCCN)CC(=O)N(CCOC)CC(=O)N(CCCCN)CC(=O)N(CCOC)CC(=O)N(CCOC)CC(=O)N(CCCCN)CC(=O)N(CCOC)CC(C)=O)C(C)=O. The molecule has 410 valence electrons. The first kappa shape index (κ1) is 66.1.